The fourth-order valence-electron chi connectivity index (χ4n) is 1.90. The van der Waals surface area contributed by atoms with Crippen molar-refractivity contribution in [3.8, 4) is 11.5 Å². The van der Waals surface area contributed by atoms with Gasteiger partial charge >= 0.3 is 18.8 Å². The molecule has 2 aromatic rings. The van der Waals surface area contributed by atoms with Gasteiger partial charge in [-0.2, -0.15) is 22.0 Å². The summed E-state index contributed by atoms with van der Waals surface area (Å²) in [5.41, 5.74) is -0.676. The molecule has 0 aliphatic heterocycles. The van der Waals surface area contributed by atoms with Gasteiger partial charge < -0.3 is 9.47 Å². The Balaban J connectivity index is 2.04. The standard InChI is InChI=1S/C16H11F5O3/c17-15(18)23-11-7-5-10(6-8-11)9-14(22)24-13-4-2-1-3-12(13)16(19,20)21/h1-8,15H,9H2. The Morgan fingerprint density at radius 2 is 1.62 bits per heavy atom. The van der Waals surface area contributed by atoms with Crippen LogP contribution in [0.3, 0.4) is 0 Å². The first-order valence-corrected chi connectivity index (χ1v) is 6.66. The number of rotatable bonds is 5. The predicted molar refractivity (Wildman–Crippen MR) is 73.9 cm³/mol. The number of alkyl halides is 5. The smallest absolute Gasteiger partial charge is 0.419 e. The summed E-state index contributed by atoms with van der Waals surface area (Å²) in [5, 5.41) is 0. The summed E-state index contributed by atoms with van der Waals surface area (Å²) < 4.78 is 71.4. The van der Waals surface area contributed by atoms with E-state index in [0.717, 1.165) is 12.1 Å². The van der Waals surface area contributed by atoms with Gasteiger partial charge in [0.15, 0.2) is 0 Å². The van der Waals surface area contributed by atoms with Gasteiger partial charge in [0.2, 0.25) is 0 Å². The van der Waals surface area contributed by atoms with Crippen LogP contribution in [0.25, 0.3) is 0 Å². The maximum atomic E-state index is 12.8. The van der Waals surface area contributed by atoms with Gasteiger partial charge in [0.1, 0.15) is 11.5 Å². The van der Waals surface area contributed by atoms with Crippen LogP contribution in [0.15, 0.2) is 48.5 Å². The molecule has 0 atom stereocenters. The van der Waals surface area contributed by atoms with Crippen LogP contribution in [0.1, 0.15) is 11.1 Å². The minimum absolute atomic E-state index is 0.0930. The first kappa shape index (κ1) is 17.7. The van der Waals surface area contributed by atoms with Gasteiger partial charge in [0.25, 0.3) is 0 Å². The average Bonchev–Trinajstić information content (AvgIpc) is 2.48. The summed E-state index contributed by atoms with van der Waals surface area (Å²) in [7, 11) is 0. The molecule has 2 rings (SSSR count). The van der Waals surface area contributed by atoms with Crippen molar-refractivity contribution in [2.75, 3.05) is 0 Å². The number of benzene rings is 2. The second-order valence-corrected chi connectivity index (χ2v) is 4.67. The summed E-state index contributed by atoms with van der Waals surface area (Å²) in [5.74, 6) is -1.59. The van der Waals surface area contributed by atoms with Crippen LogP contribution in [0.5, 0.6) is 11.5 Å². The summed E-state index contributed by atoms with van der Waals surface area (Å²) in [4.78, 5) is 11.8. The third-order valence-corrected chi connectivity index (χ3v) is 2.91. The Morgan fingerprint density at radius 1 is 1.00 bits per heavy atom. The van der Waals surface area contributed by atoms with E-state index in [-0.39, 0.29) is 12.2 Å². The average molecular weight is 346 g/mol. The lowest BCUT2D eigenvalue weighted by atomic mass is 10.1. The molecule has 0 spiro atoms. The van der Waals surface area contributed by atoms with Gasteiger partial charge in [0, 0.05) is 0 Å². The lowest BCUT2D eigenvalue weighted by Crippen LogP contribution is -2.15. The first-order chi connectivity index (χ1) is 11.3. The Kier molecular flexibility index (Phi) is 5.38. The van der Waals surface area contributed by atoms with Crippen molar-refractivity contribution < 1.29 is 36.2 Å². The Labute approximate surface area is 133 Å². The van der Waals surface area contributed by atoms with Crippen LogP contribution in [0.2, 0.25) is 0 Å². The highest BCUT2D eigenvalue weighted by Crippen LogP contribution is 2.36. The van der Waals surface area contributed by atoms with Crippen molar-refractivity contribution in [1.82, 2.24) is 0 Å². The molecule has 8 heteroatoms. The molecule has 24 heavy (non-hydrogen) atoms. The van der Waals surface area contributed by atoms with Crippen LogP contribution >= 0.6 is 0 Å². The minimum atomic E-state index is -4.65. The molecule has 0 heterocycles. The second kappa shape index (κ2) is 7.29. The number of halogens is 5. The zero-order valence-corrected chi connectivity index (χ0v) is 12.0. The number of ether oxygens (including phenoxy) is 2. The molecule has 2 aromatic carbocycles. The maximum absolute atomic E-state index is 12.8. The van der Waals surface area contributed by atoms with Crippen molar-refractivity contribution in [1.29, 1.82) is 0 Å². The van der Waals surface area contributed by atoms with Gasteiger partial charge in [-0.05, 0) is 29.8 Å². The molecule has 0 aliphatic rings. The lowest BCUT2D eigenvalue weighted by molar-refractivity contribution is -0.142. The largest absolute Gasteiger partial charge is 0.435 e. The number of carbonyl (C=O) groups is 1. The molecular formula is C16H11F5O3. The van der Waals surface area contributed by atoms with E-state index >= 15 is 0 Å². The van der Waals surface area contributed by atoms with Crippen LogP contribution in [-0.2, 0) is 17.4 Å². The molecule has 0 fully saturated rings. The van der Waals surface area contributed by atoms with Crippen LogP contribution < -0.4 is 9.47 Å². The third kappa shape index (κ3) is 4.94. The summed E-state index contributed by atoms with van der Waals surface area (Å²) in [6.07, 6.45) is -4.97. The quantitative estimate of drug-likeness (QED) is 0.456. The SMILES string of the molecule is O=C(Cc1ccc(OC(F)F)cc1)Oc1ccccc1C(F)(F)F. The number of carbonyl (C=O) groups excluding carboxylic acids is 1. The van der Waals surface area contributed by atoms with Gasteiger partial charge in [-0.3, -0.25) is 4.79 Å². The van der Waals surface area contributed by atoms with Crippen molar-refractivity contribution >= 4 is 5.97 Å². The lowest BCUT2D eigenvalue weighted by Gasteiger charge is -2.12. The van der Waals surface area contributed by atoms with Crippen molar-refractivity contribution in [2.24, 2.45) is 0 Å². The van der Waals surface area contributed by atoms with E-state index in [1.54, 1.807) is 0 Å². The molecule has 0 unspecified atom stereocenters. The van der Waals surface area contributed by atoms with Crippen LogP contribution in [0, 0.1) is 0 Å². The van der Waals surface area contributed by atoms with E-state index in [2.05, 4.69) is 4.74 Å². The molecular weight excluding hydrogens is 335 g/mol. The van der Waals surface area contributed by atoms with Crippen molar-refractivity contribution in [3.63, 3.8) is 0 Å². The van der Waals surface area contributed by atoms with Crippen LogP contribution in [0.4, 0.5) is 22.0 Å². The summed E-state index contributed by atoms with van der Waals surface area (Å²) in [6, 6.07) is 9.47. The number of esters is 1. The highest BCUT2D eigenvalue weighted by molar-refractivity contribution is 5.75. The highest BCUT2D eigenvalue weighted by atomic mass is 19.4. The van der Waals surface area contributed by atoms with Crippen molar-refractivity contribution in [2.45, 2.75) is 19.2 Å². The van der Waals surface area contributed by atoms with Gasteiger partial charge in [-0.1, -0.05) is 24.3 Å². The molecule has 0 radical (unpaired) electrons. The fraction of sp³-hybridized carbons (Fsp3) is 0.188. The fourth-order valence-corrected chi connectivity index (χ4v) is 1.90. The number of para-hydroxylation sites is 1. The Bertz CT molecular complexity index is 696. The monoisotopic (exact) mass is 346 g/mol. The van der Waals surface area contributed by atoms with Crippen LogP contribution in [-0.4, -0.2) is 12.6 Å². The maximum Gasteiger partial charge on any atom is 0.419 e. The van der Waals surface area contributed by atoms with E-state index in [9.17, 15) is 26.7 Å². The summed E-state index contributed by atoms with van der Waals surface area (Å²) in [6.45, 7) is -2.97. The third-order valence-electron chi connectivity index (χ3n) is 2.91. The van der Waals surface area contributed by atoms with Gasteiger partial charge in [-0.15, -0.1) is 0 Å². The highest BCUT2D eigenvalue weighted by Gasteiger charge is 2.34. The molecule has 0 amide bonds. The zero-order valence-electron chi connectivity index (χ0n) is 12.0. The van der Waals surface area contributed by atoms with E-state index in [0.29, 0.717) is 5.56 Å². The number of hydrogen-bond acceptors (Lipinski definition) is 3. The van der Waals surface area contributed by atoms with E-state index in [1.807, 2.05) is 0 Å². The molecule has 0 saturated carbocycles. The molecule has 0 N–H and O–H groups in total. The molecule has 3 nitrogen and oxygen atoms in total. The molecule has 128 valence electrons. The molecule has 0 bridgehead atoms. The minimum Gasteiger partial charge on any atom is -0.435 e. The zero-order chi connectivity index (χ0) is 17.7. The van der Waals surface area contributed by atoms with E-state index in [1.165, 1.54) is 36.4 Å². The number of hydrogen-bond donors (Lipinski definition) is 0. The molecule has 0 aromatic heterocycles. The van der Waals surface area contributed by atoms with Gasteiger partial charge in [0.05, 0.1) is 12.0 Å². The molecule has 0 saturated heterocycles. The Hall–Kier alpha value is -2.64. The van der Waals surface area contributed by atoms with E-state index in [4.69, 9.17) is 4.74 Å². The van der Waals surface area contributed by atoms with Crippen molar-refractivity contribution in [3.05, 3.63) is 59.7 Å². The van der Waals surface area contributed by atoms with E-state index < -0.39 is 30.1 Å². The topological polar surface area (TPSA) is 35.5 Å². The summed E-state index contributed by atoms with van der Waals surface area (Å²) >= 11 is 0. The predicted octanol–water partition coefficient (Wildman–Crippen LogP) is 4.45. The molecule has 0 aliphatic carbocycles. The Morgan fingerprint density at radius 3 is 2.21 bits per heavy atom. The normalized spacial score (nSPS) is 11.4. The second-order valence-electron chi connectivity index (χ2n) is 4.67. The first-order valence-electron chi connectivity index (χ1n) is 6.66. The van der Waals surface area contributed by atoms with Gasteiger partial charge in [-0.25, -0.2) is 0 Å².